The maximum Gasteiger partial charge on any atom is 0.239 e. The van der Waals surface area contributed by atoms with Crippen molar-refractivity contribution in [3.63, 3.8) is 0 Å². The number of amides is 1. The fourth-order valence-corrected chi connectivity index (χ4v) is 2.12. The van der Waals surface area contributed by atoms with Gasteiger partial charge in [0, 0.05) is 23.8 Å². The second-order valence-corrected chi connectivity index (χ2v) is 5.09. The van der Waals surface area contributed by atoms with Crippen molar-refractivity contribution in [2.75, 3.05) is 18.0 Å². The third-order valence-electron chi connectivity index (χ3n) is 2.95. The number of carbonyl (C=O) groups excluding carboxylic acids is 1. The number of likely N-dealkylation sites (N-methyl/N-ethyl adjacent to an activating group) is 1. The Labute approximate surface area is 119 Å². The number of aliphatic hydroxyl groups is 1. The van der Waals surface area contributed by atoms with Crippen molar-refractivity contribution in [1.82, 2.24) is 5.32 Å². The van der Waals surface area contributed by atoms with Crippen LogP contribution in [0.4, 0.5) is 10.1 Å². The van der Waals surface area contributed by atoms with E-state index in [1.807, 2.05) is 20.8 Å². The number of halogens is 1. The number of rotatable bonds is 6. The number of hydrogen-bond acceptors (Lipinski definition) is 3. The molecule has 0 saturated heterocycles. The van der Waals surface area contributed by atoms with E-state index in [9.17, 15) is 14.3 Å². The van der Waals surface area contributed by atoms with E-state index in [0.717, 1.165) is 0 Å². The third-order valence-corrected chi connectivity index (χ3v) is 2.95. The second-order valence-electron chi connectivity index (χ2n) is 5.09. The summed E-state index contributed by atoms with van der Waals surface area (Å²) in [5, 5.41) is 12.5. The molecule has 1 aromatic carbocycles. The Balaban J connectivity index is 3.01. The number of benzene rings is 1. The molecule has 0 spiro atoms. The normalized spacial score (nSPS) is 12.3. The summed E-state index contributed by atoms with van der Waals surface area (Å²) >= 11 is 0. The largest absolute Gasteiger partial charge is 0.389 e. The van der Waals surface area contributed by atoms with Gasteiger partial charge in [0.15, 0.2) is 0 Å². The SMILES string of the molecule is CCN(CC(=O)NC(C)C)c1cccc(F)c1C(C)O. The molecule has 0 aliphatic heterocycles. The lowest BCUT2D eigenvalue weighted by atomic mass is 10.1. The molecule has 1 amide bonds. The molecule has 0 fully saturated rings. The fraction of sp³-hybridized carbons (Fsp3) is 0.533. The van der Waals surface area contributed by atoms with E-state index in [-0.39, 0.29) is 24.1 Å². The topological polar surface area (TPSA) is 52.6 Å². The summed E-state index contributed by atoms with van der Waals surface area (Å²) in [6, 6.07) is 4.68. The lowest BCUT2D eigenvalue weighted by Gasteiger charge is -2.26. The van der Waals surface area contributed by atoms with Crippen LogP contribution < -0.4 is 10.2 Å². The van der Waals surface area contributed by atoms with Gasteiger partial charge in [-0.05, 0) is 39.8 Å². The summed E-state index contributed by atoms with van der Waals surface area (Å²) in [7, 11) is 0. The monoisotopic (exact) mass is 282 g/mol. The van der Waals surface area contributed by atoms with E-state index in [4.69, 9.17) is 0 Å². The number of nitrogens with one attached hydrogen (secondary N) is 1. The number of carbonyl (C=O) groups is 1. The molecular formula is C15H23FN2O2. The van der Waals surface area contributed by atoms with Crippen LogP contribution in [0, 0.1) is 5.82 Å². The summed E-state index contributed by atoms with van der Waals surface area (Å²) in [4.78, 5) is 13.6. The predicted molar refractivity (Wildman–Crippen MR) is 78.2 cm³/mol. The average Bonchev–Trinajstić information content (AvgIpc) is 2.34. The van der Waals surface area contributed by atoms with Crippen LogP contribution in [-0.2, 0) is 4.79 Å². The Kier molecular flexibility index (Phi) is 5.95. The molecule has 0 aromatic heterocycles. The molecular weight excluding hydrogens is 259 g/mol. The zero-order chi connectivity index (χ0) is 15.3. The van der Waals surface area contributed by atoms with Gasteiger partial charge in [0.25, 0.3) is 0 Å². The van der Waals surface area contributed by atoms with E-state index in [0.29, 0.717) is 12.2 Å². The van der Waals surface area contributed by atoms with Crippen LogP contribution in [-0.4, -0.2) is 30.1 Å². The minimum Gasteiger partial charge on any atom is -0.389 e. The van der Waals surface area contributed by atoms with Gasteiger partial charge in [-0.3, -0.25) is 4.79 Å². The van der Waals surface area contributed by atoms with E-state index in [1.165, 1.54) is 13.0 Å². The zero-order valence-electron chi connectivity index (χ0n) is 12.5. The van der Waals surface area contributed by atoms with Crippen LogP contribution in [0.2, 0.25) is 0 Å². The number of anilines is 1. The Morgan fingerprint density at radius 1 is 1.40 bits per heavy atom. The van der Waals surface area contributed by atoms with Gasteiger partial charge in [-0.25, -0.2) is 4.39 Å². The van der Waals surface area contributed by atoms with Gasteiger partial charge in [0.1, 0.15) is 5.82 Å². The molecule has 1 aromatic rings. The van der Waals surface area contributed by atoms with Gasteiger partial charge < -0.3 is 15.3 Å². The van der Waals surface area contributed by atoms with Crippen LogP contribution in [0.15, 0.2) is 18.2 Å². The van der Waals surface area contributed by atoms with Crippen LogP contribution in [0.25, 0.3) is 0 Å². The molecule has 0 heterocycles. The molecule has 0 aliphatic carbocycles. The molecule has 2 N–H and O–H groups in total. The summed E-state index contributed by atoms with van der Waals surface area (Å²) in [6.45, 7) is 7.87. The van der Waals surface area contributed by atoms with Crippen molar-refractivity contribution >= 4 is 11.6 Å². The summed E-state index contributed by atoms with van der Waals surface area (Å²) in [5.41, 5.74) is 0.785. The fourth-order valence-electron chi connectivity index (χ4n) is 2.12. The summed E-state index contributed by atoms with van der Waals surface area (Å²) < 4.78 is 13.9. The van der Waals surface area contributed by atoms with Crippen LogP contribution in [0.1, 0.15) is 39.4 Å². The van der Waals surface area contributed by atoms with Gasteiger partial charge in [0.2, 0.25) is 5.91 Å². The van der Waals surface area contributed by atoms with Gasteiger partial charge in [-0.1, -0.05) is 6.07 Å². The Morgan fingerprint density at radius 3 is 2.55 bits per heavy atom. The lowest BCUT2D eigenvalue weighted by molar-refractivity contribution is -0.120. The Morgan fingerprint density at radius 2 is 2.05 bits per heavy atom. The molecule has 0 bridgehead atoms. The Bertz CT molecular complexity index is 461. The predicted octanol–water partition coefficient (Wildman–Crippen LogP) is 2.23. The zero-order valence-corrected chi connectivity index (χ0v) is 12.5. The van der Waals surface area contributed by atoms with Crippen LogP contribution in [0.3, 0.4) is 0 Å². The first-order valence-corrected chi connectivity index (χ1v) is 6.87. The Hall–Kier alpha value is -1.62. The minimum atomic E-state index is -0.923. The van der Waals surface area contributed by atoms with Gasteiger partial charge in [0.05, 0.1) is 12.6 Å². The molecule has 0 saturated carbocycles. The highest BCUT2D eigenvalue weighted by atomic mass is 19.1. The number of aliphatic hydroxyl groups excluding tert-OH is 1. The highest BCUT2D eigenvalue weighted by Gasteiger charge is 2.19. The second kappa shape index (κ2) is 7.24. The molecule has 1 atom stereocenters. The molecule has 0 aliphatic rings. The molecule has 4 nitrogen and oxygen atoms in total. The number of hydrogen-bond donors (Lipinski definition) is 2. The van der Waals surface area contributed by atoms with Crippen molar-refractivity contribution in [2.45, 2.75) is 39.8 Å². The molecule has 0 radical (unpaired) electrons. The third kappa shape index (κ3) is 4.20. The van der Waals surface area contributed by atoms with Gasteiger partial charge in [-0.15, -0.1) is 0 Å². The quantitative estimate of drug-likeness (QED) is 0.841. The summed E-state index contributed by atoms with van der Waals surface area (Å²) in [6.07, 6.45) is -0.923. The van der Waals surface area contributed by atoms with Crippen LogP contribution >= 0.6 is 0 Å². The van der Waals surface area contributed by atoms with E-state index in [1.54, 1.807) is 17.0 Å². The molecule has 20 heavy (non-hydrogen) atoms. The van der Waals surface area contributed by atoms with Crippen molar-refractivity contribution in [3.05, 3.63) is 29.6 Å². The first kappa shape index (κ1) is 16.4. The van der Waals surface area contributed by atoms with Crippen molar-refractivity contribution < 1.29 is 14.3 Å². The van der Waals surface area contributed by atoms with Crippen molar-refractivity contribution in [1.29, 1.82) is 0 Å². The van der Waals surface area contributed by atoms with E-state index in [2.05, 4.69) is 5.32 Å². The molecule has 1 unspecified atom stereocenters. The first-order valence-electron chi connectivity index (χ1n) is 6.87. The maximum absolute atomic E-state index is 13.9. The maximum atomic E-state index is 13.9. The molecule has 112 valence electrons. The average molecular weight is 282 g/mol. The first-order chi connectivity index (χ1) is 9.36. The van der Waals surface area contributed by atoms with E-state index < -0.39 is 11.9 Å². The highest BCUT2D eigenvalue weighted by Crippen LogP contribution is 2.28. The van der Waals surface area contributed by atoms with Crippen molar-refractivity contribution in [2.24, 2.45) is 0 Å². The molecule has 1 rings (SSSR count). The van der Waals surface area contributed by atoms with Crippen molar-refractivity contribution in [3.8, 4) is 0 Å². The van der Waals surface area contributed by atoms with Crippen LogP contribution in [0.5, 0.6) is 0 Å². The lowest BCUT2D eigenvalue weighted by Crippen LogP contribution is -2.40. The standard InChI is InChI=1S/C15H23FN2O2/c1-5-18(9-14(20)17-10(2)3)13-8-6-7-12(16)15(13)11(4)19/h6-8,10-11,19H,5,9H2,1-4H3,(H,17,20). The smallest absolute Gasteiger partial charge is 0.239 e. The highest BCUT2D eigenvalue weighted by molar-refractivity contribution is 5.82. The minimum absolute atomic E-state index is 0.0601. The summed E-state index contributed by atoms with van der Waals surface area (Å²) in [5.74, 6) is -0.581. The van der Waals surface area contributed by atoms with Gasteiger partial charge in [-0.2, -0.15) is 0 Å². The number of nitrogens with zero attached hydrogens (tertiary/aromatic N) is 1. The van der Waals surface area contributed by atoms with E-state index >= 15 is 0 Å². The van der Waals surface area contributed by atoms with Gasteiger partial charge >= 0.3 is 0 Å². The molecule has 5 heteroatoms.